The summed E-state index contributed by atoms with van der Waals surface area (Å²) in [4.78, 5) is 22.9. The van der Waals surface area contributed by atoms with Gasteiger partial charge in [-0.2, -0.15) is 4.58 Å². The predicted octanol–water partition coefficient (Wildman–Crippen LogP) is 4.55. The topological polar surface area (TPSA) is 63.0 Å². The van der Waals surface area contributed by atoms with Gasteiger partial charge in [0.2, 0.25) is 11.7 Å². The highest BCUT2D eigenvalue weighted by molar-refractivity contribution is 7.44. The van der Waals surface area contributed by atoms with Crippen molar-refractivity contribution in [3.05, 3.63) is 75.9 Å². The number of carbonyl (C=O) groups excluding carboxylic acids is 1. The zero-order valence-corrected chi connectivity index (χ0v) is 24.3. The number of carbonyl (C=O) groups is 1. The number of piperazine rings is 1. The Morgan fingerprint density at radius 2 is 1.97 bits per heavy atom. The predicted molar refractivity (Wildman–Crippen MR) is 161 cm³/mol. The summed E-state index contributed by atoms with van der Waals surface area (Å²) < 4.78 is 2.28. The van der Waals surface area contributed by atoms with E-state index in [2.05, 4.69) is 75.2 Å². The maximum absolute atomic E-state index is 13.1. The van der Waals surface area contributed by atoms with Crippen LogP contribution in [0.15, 0.2) is 58.6 Å². The van der Waals surface area contributed by atoms with Gasteiger partial charge in [0.15, 0.2) is 5.70 Å². The summed E-state index contributed by atoms with van der Waals surface area (Å²) >= 11 is 0. The Balaban J connectivity index is 1.03. The number of hydrogen-bond acceptors (Lipinski definition) is 5. The van der Waals surface area contributed by atoms with Crippen molar-refractivity contribution in [2.45, 2.75) is 58.0 Å². The molecule has 7 nitrogen and oxygen atoms in total. The van der Waals surface area contributed by atoms with E-state index in [1.807, 2.05) is 30.5 Å². The molecule has 39 heavy (non-hydrogen) atoms. The second kappa shape index (κ2) is 11.4. The second-order valence-electron chi connectivity index (χ2n) is 11.2. The molecule has 6 rings (SSSR count). The molecule has 1 amide bonds. The molecule has 2 aromatic carbocycles. The van der Waals surface area contributed by atoms with Crippen LogP contribution in [-0.4, -0.2) is 77.3 Å². The van der Waals surface area contributed by atoms with Crippen LogP contribution in [0.2, 0.25) is 0 Å². The van der Waals surface area contributed by atoms with Gasteiger partial charge < -0.3 is 5.32 Å². The highest BCUT2D eigenvalue weighted by Gasteiger charge is 2.33. The van der Waals surface area contributed by atoms with Crippen LogP contribution >= 0.6 is 8.58 Å². The number of benzene rings is 2. The Kier molecular flexibility index (Phi) is 7.77. The number of nitrogens with zero attached hydrogens (tertiary/aromatic N) is 4. The minimum Gasteiger partial charge on any atom is -0.322 e. The summed E-state index contributed by atoms with van der Waals surface area (Å²) in [6.45, 7) is 13.0. The van der Waals surface area contributed by atoms with Gasteiger partial charge in [0.05, 0.1) is 5.78 Å². The molecule has 1 aliphatic carbocycles. The maximum Gasteiger partial charge on any atom is 0.255 e. The molecule has 8 heteroatoms. The van der Waals surface area contributed by atoms with Crippen LogP contribution in [0.5, 0.6) is 0 Å². The minimum atomic E-state index is -0.0679. The van der Waals surface area contributed by atoms with E-state index in [0.29, 0.717) is 14.1 Å². The monoisotopic (exact) mass is 543 g/mol. The Bertz CT molecular complexity index is 1340. The third-order valence-electron chi connectivity index (χ3n) is 8.35. The quantitative estimate of drug-likeness (QED) is 0.360. The van der Waals surface area contributed by atoms with Gasteiger partial charge in [-0.25, -0.2) is 4.99 Å². The van der Waals surface area contributed by atoms with Crippen LogP contribution in [-0.2, 0) is 6.54 Å². The average Bonchev–Trinajstić information content (AvgIpc) is 3.78. The van der Waals surface area contributed by atoms with E-state index in [9.17, 15) is 4.79 Å². The summed E-state index contributed by atoms with van der Waals surface area (Å²) in [7, 11) is 0.671. The number of amides is 1. The molecule has 3 heterocycles. The first kappa shape index (κ1) is 26.5. The van der Waals surface area contributed by atoms with Crippen molar-refractivity contribution < 1.29 is 9.37 Å². The molecule has 3 unspecified atom stereocenters. The lowest BCUT2D eigenvalue weighted by Gasteiger charge is -2.35. The largest absolute Gasteiger partial charge is 0.322 e. The number of allylic oxidation sites excluding steroid dienone is 1. The van der Waals surface area contributed by atoms with Crippen LogP contribution in [0.4, 0.5) is 5.69 Å². The highest BCUT2D eigenvalue weighted by atomic mass is 31.1. The molecular weight excluding hydrogens is 503 g/mol. The Labute approximate surface area is 233 Å². The van der Waals surface area contributed by atoms with E-state index >= 15 is 0 Å². The first-order chi connectivity index (χ1) is 19.0. The minimum absolute atomic E-state index is 0.0679. The molecule has 1 saturated carbocycles. The van der Waals surface area contributed by atoms with Crippen LogP contribution < -0.4 is 10.6 Å². The molecular formula is C31H40N6OP+. The molecule has 1 saturated heterocycles. The third-order valence-corrected chi connectivity index (χ3v) is 9.79. The van der Waals surface area contributed by atoms with Gasteiger partial charge in [-0.15, -0.1) is 0 Å². The van der Waals surface area contributed by atoms with Crippen molar-refractivity contribution in [2.24, 2.45) is 4.99 Å². The van der Waals surface area contributed by atoms with Gasteiger partial charge in [0, 0.05) is 70.9 Å². The summed E-state index contributed by atoms with van der Waals surface area (Å²) in [5.41, 5.74) is 7.63. The molecule has 3 atom stereocenters. The Morgan fingerprint density at radius 1 is 1.15 bits per heavy atom. The summed E-state index contributed by atoms with van der Waals surface area (Å²) in [6.07, 6.45) is 6.92. The molecule has 2 aromatic rings. The molecule has 2 fully saturated rings. The van der Waals surface area contributed by atoms with Crippen molar-refractivity contribution >= 4 is 32.6 Å². The zero-order chi connectivity index (χ0) is 26.9. The van der Waals surface area contributed by atoms with Gasteiger partial charge in [-0.05, 0) is 74.6 Å². The van der Waals surface area contributed by atoms with Crippen LogP contribution in [0.1, 0.15) is 59.8 Å². The standard InChI is InChI=1S/C31H39N6OP/c1-4-36-20-28-31(36)39-29(18-32-28)33-22(3)23-6-5-7-26(17-23)34-30(38)24-8-9-25(21(2)16-24)19-35-12-14-37(15-13-35)27-10-11-27/h5-9,16-18,20,22,27,29,33,39H,4,10-15,19H2,1-3H3/p+1. The van der Waals surface area contributed by atoms with Crippen molar-refractivity contribution in [1.82, 2.24) is 15.1 Å². The Morgan fingerprint density at radius 3 is 2.72 bits per heavy atom. The number of aliphatic imine (C=N–C) groups is 1. The zero-order valence-electron chi connectivity index (χ0n) is 23.3. The molecule has 2 N–H and O–H groups in total. The first-order valence-corrected chi connectivity index (χ1v) is 15.4. The van der Waals surface area contributed by atoms with Gasteiger partial charge in [-0.1, -0.05) is 18.2 Å². The number of hydrogen-bond donors (Lipinski definition) is 2. The van der Waals surface area contributed by atoms with Gasteiger partial charge in [0.1, 0.15) is 6.54 Å². The van der Waals surface area contributed by atoms with Crippen LogP contribution in [0.25, 0.3) is 0 Å². The fourth-order valence-corrected chi connectivity index (χ4v) is 7.16. The summed E-state index contributed by atoms with van der Waals surface area (Å²) in [5, 5.41) is 6.82. The number of anilines is 1. The summed E-state index contributed by atoms with van der Waals surface area (Å²) in [5.74, 6) is 0.157. The molecule has 0 aromatic heterocycles. The summed E-state index contributed by atoms with van der Waals surface area (Å²) in [6, 6.07) is 15.3. The van der Waals surface area contributed by atoms with E-state index in [1.165, 1.54) is 42.5 Å². The van der Waals surface area contributed by atoms with E-state index in [4.69, 9.17) is 0 Å². The fraction of sp³-hybridized carbons (Fsp3) is 0.452. The molecule has 4 aliphatic rings. The highest BCUT2D eigenvalue weighted by Crippen LogP contribution is 2.39. The first-order valence-electron chi connectivity index (χ1n) is 14.4. The van der Waals surface area contributed by atoms with E-state index in [0.717, 1.165) is 49.2 Å². The number of nitrogens with one attached hydrogen (secondary N) is 2. The van der Waals surface area contributed by atoms with Crippen LogP contribution in [0, 0.1) is 6.92 Å². The molecule has 204 valence electrons. The molecule has 3 aliphatic heterocycles. The number of aryl methyl sites for hydroxylation is 1. The van der Waals surface area contributed by atoms with E-state index in [1.54, 1.807) is 0 Å². The second-order valence-corrected chi connectivity index (χ2v) is 12.6. The Hall–Kier alpha value is -2.70. The maximum atomic E-state index is 13.1. The SMILES string of the molecule is CC[N+]1=CC2=C1PC(NC(C)c1cccc(NC(=O)c3ccc(CN4CCN(C5CC5)CC4)c(C)c3)c1)C=N2. The lowest BCUT2D eigenvalue weighted by molar-refractivity contribution is -0.467. The lowest BCUT2D eigenvalue weighted by Crippen LogP contribution is -2.46. The lowest BCUT2D eigenvalue weighted by atomic mass is 10.0. The third kappa shape index (κ3) is 6.07. The van der Waals surface area contributed by atoms with Crippen molar-refractivity contribution in [1.29, 1.82) is 0 Å². The van der Waals surface area contributed by atoms with Crippen molar-refractivity contribution in [3.8, 4) is 0 Å². The van der Waals surface area contributed by atoms with Gasteiger partial charge >= 0.3 is 0 Å². The van der Waals surface area contributed by atoms with E-state index < -0.39 is 0 Å². The molecule has 0 radical (unpaired) electrons. The van der Waals surface area contributed by atoms with Gasteiger partial charge in [0.25, 0.3) is 5.91 Å². The van der Waals surface area contributed by atoms with Crippen LogP contribution in [0.3, 0.4) is 0 Å². The fourth-order valence-electron chi connectivity index (χ4n) is 5.72. The van der Waals surface area contributed by atoms with Crippen molar-refractivity contribution in [3.63, 3.8) is 0 Å². The van der Waals surface area contributed by atoms with E-state index in [-0.39, 0.29) is 17.7 Å². The molecule has 0 spiro atoms. The smallest absolute Gasteiger partial charge is 0.255 e. The number of rotatable bonds is 9. The van der Waals surface area contributed by atoms with Crippen molar-refractivity contribution in [2.75, 3.05) is 38.0 Å². The normalized spacial score (nSPS) is 22.8. The molecule has 0 bridgehead atoms. The average molecular weight is 544 g/mol. The van der Waals surface area contributed by atoms with Gasteiger partial charge in [-0.3, -0.25) is 19.9 Å².